The molecule has 0 aromatic heterocycles. The van der Waals surface area contributed by atoms with Crippen molar-refractivity contribution in [2.75, 3.05) is 34.6 Å². The third-order valence-electron chi connectivity index (χ3n) is 3.15. The molecule has 2 fully saturated rings. The Hall–Kier alpha value is -0.0100. The van der Waals surface area contributed by atoms with Gasteiger partial charge in [0.05, 0.1) is 6.61 Å². The Balaban J connectivity index is 2.21. The van der Waals surface area contributed by atoms with Crippen LogP contribution in [0.1, 0.15) is 0 Å². The lowest BCUT2D eigenvalue weighted by atomic mass is 9.99. The van der Waals surface area contributed by atoms with Crippen molar-refractivity contribution in [2.24, 2.45) is 0 Å². The summed E-state index contributed by atoms with van der Waals surface area (Å²) >= 11 is 0. The number of hydrogen-bond donors (Lipinski definition) is 0. The van der Waals surface area contributed by atoms with Crippen LogP contribution in [0.25, 0.3) is 0 Å². The molecule has 1 unspecified atom stereocenters. The minimum atomic E-state index is -3.05. The smallest absolute Gasteiger partial charge is 0.328 e. The second-order valence-corrected chi connectivity index (χ2v) is 6.33. The summed E-state index contributed by atoms with van der Waals surface area (Å²) in [4.78, 5) is 0. The molecule has 2 rings (SSSR count). The fourth-order valence-electron chi connectivity index (χ4n) is 2.31. The topological polar surface area (TPSA) is 72.5 Å². The third kappa shape index (κ3) is 2.63. The molecule has 0 radical (unpaired) electrons. The molecule has 2 heterocycles. The van der Waals surface area contributed by atoms with E-state index in [1.807, 2.05) is 0 Å². The van der Waals surface area contributed by atoms with E-state index in [1.165, 1.54) is 20.9 Å². The lowest BCUT2D eigenvalue weighted by Gasteiger charge is -2.47. The van der Waals surface area contributed by atoms with Crippen molar-refractivity contribution in [1.82, 2.24) is 0 Å². The molecule has 0 aromatic rings. The molecule has 2 saturated heterocycles. The van der Waals surface area contributed by atoms with Gasteiger partial charge >= 0.3 is 7.60 Å². The first-order valence-electron chi connectivity index (χ1n) is 5.66. The van der Waals surface area contributed by atoms with Gasteiger partial charge in [-0.3, -0.25) is 9.09 Å². The van der Waals surface area contributed by atoms with E-state index >= 15 is 0 Å². The quantitative estimate of drug-likeness (QED) is 0.703. The summed E-state index contributed by atoms with van der Waals surface area (Å²) in [6.07, 6.45) is -2.30. The van der Waals surface area contributed by atoms with Gasteiger partial charge in [0.25, 0.3) is 0 Å². The first-order valence-corrected chi connectivity index (χ1v) is 7.65. The molecule has 0 aliphatic carbocycles. The fourth-order valence-corrected chi connectivity index (χ4v) is 3.48. The van der Waals surface area contributed by atoms with Crippen LogP contribution in [0.5, 0.6) is 0 Å². The zero-order valence-corrected chi connectivity index (χ0v) is 11.8. The van der Waals surface area contributed by atoms with Crippen LogP contribution in [0.4, 0.5) is 0 Å². The van der Waals surface area contributed by atoms with Gasteiger partial charge in [-0.05, 0) is 0 Å². The monoisotopic (exact) mass is 282 g/mol. The number of fused-ring (bicyclic) bond motifs is 1. The molecule has 7 nitrogen and oxygen atoms in total. The summed E-state index contributed by atoms with van der Waals surface area (Å²) in [6.45, 7) is 1.62. The van der Waals surface area contributed by atoms with E-state index in [9.17, 15) is 4.57 Å². The molecule has 0 N–H and O–H groups in total. The molecule has 6 atom stereocenters. The van der Waals surface area contributed by atoms with Gasteiger partial charge < -0.3 is 23.5 Å². The lowest BCUT2D eigenvalue weighted by Crippen LogP contribution is -2.62. The Kier molecular flexibility index (Phi) is 4.44. The Morgan fingerprint density at radius 2 is 1.78 bits per heavy atom. The summed E-state index contributed by atoms with van der Waals surface area (Å²) in [6, 6.07) is 0. The zero-order valence-electron chi connectivity index (χ0n) is 10.9. The van der Waals surface area contributed by atoms with Crippen LogP contribution < -0.4 is 0 Å². The maximum atomic E-state index is 11.9. The molecule has 0 saturated carbocycles. The first-order chi connectivity index (χ1) is 8.52. The maximum Gasteiger partial charge on any atom is 0.328 e. The van der Waals surface area contributed by atoms with Crippen molar-refractivity contribution in [3.63, 3.8) is 0 Å². The highest BCUT2D eigenvalue weighted by atomic mass is 31.2. The highest BCUT2D eigenvalue weighted by molar-refractivity contribution is 7.53. The van der Waals surface area contributed by atoms with Crippen molar-refractivity contribution in [3.8, 4) is 0 Å². The Labute approximate surface area is 106 Å². The standard InChI is InChI=1S/C10H19O7P/c1-12-8-7-6(5-15-18(4,11)17-7)16-10(14-3)9(8)13-2/h6-10H,5H2,1-4H3/t6-,7-,8+,9-,10?,18+/m1/s1. The number of methoxy groups -OCH3 is 3. The van der Waals surface area contributed by atoms with Crippen LogP contribution in [-0.2, 0) is 32.6 Å². The van der Waals surface area contributed by atoms with Crippen molar-refractivity contribution in [2.45, 2.75) is 30.7 Å². The molecule has 0 aromatic carbocycles. The van der Waals surface area contributed by atoms with Crippen molar-refractivity contribution < 1.29 is 32.6 Å². The largest absolute Gasteiger partial charge is 0.376 e. The molecule has 0 amide bonds. The number of ether oxygens (including phenoxy) is 4. The molecule has 0 spiro atoms. The highest BCUT2D eigenvalue weighted by Gasteiger charge is 2.52. The second-order valence-electron chi connectivity index (χ2n) is 4.32. The molecule has 2 aliphatic heterocycles. The van der Waals surface area contributed by atoms with Crippen LogP contribution >= 0.6 is 7.60 Å². The molecule has 2 aliphatic rings. The van der Waals surface area contributed by atoms with Crippen molar-refractivity contribution in [1.29, 1.82) is 0 Å². The van der Waals surface area contributed by atoms with Crippen molar-refractivity contribution >= 4 is 7.60 Å². The molecule has 106 valence electrons. The summed E-state index contributed by atoms with van der Waals surface area (Å²) in [5.41, 5.74) is 0. The van der Waals surface area contributed by atoms with Gasteiger partial charge in [0.1, 0.15) is 24.4 Å². The SMILES string of the molecule is COC1O[C@@H]2CO[P@](C)(=O)O[C@H]2[C@H](OC)[C@H]1OC. The summed E-state index contributed by atoms with van der Waals surface area (Å²) in [7, 11) is 1.56. The second kappa shape index (κ2) is 5.54. The molecular weight excluding hydrogens is 263 g/mol. The minimum absolute atomic E-state index is 0.189. The Morgan fingerprint density at radius 1 is 1.11 bits per heavy atom. The van der Waals surface area contributed by atoms with Crippen LogP contribution in [0, 0.1) is 0 Å². The summed E-state index contributed by atoms with van der Waals surface area (Å²) in [5, 5.41) is 0. The number of rotatable bonds is 3. The summed E-state index contributed by atoms with van der Waals surface area (Å²) < 4.78 is 44.1. The van der Waals surface area contributed by atoms with E-state index in [-0.39, 0.29) is 12.7 Å². The Morgan fingerprint density at radius 3 is 2.33 bits per heavy atom. The maximum absolute atomic E-state index is 11.9. The van der Waals surface area contributed by atoms with Crippen LogP contribution in [0.15, 0.2) is 0 Å². The van der Waals surface area contributed by atoms with E-state index < -0.39 is 32.2 Å². The molecule has 0 bridgehead atoms. The molecular formula is C10H19O7P. The van der Waals surface area contributed by atoms with E-state index in [0.29, 0.717) is 0 Å². The summed E-state index contributed by atoms with van der Waals surface area (Å²) in [5.74, 6) is 0. The van der Waals surface area contributed by atoms with E-state index in [2.05, 4.69) is 0 Å². The van der Waals surface area contributed by atoms with Gasteiger partial charge in [-0.25, -0.2) is 0 Å². The first kappa shape index (κ1) is 14.4. The minimum Gasteiger partial charge on any atom is -0.376 e. The van der Waals surface area contributed by atoms with Crippen molar-refractivity contribution in [3.05, 3.63) is 0 Å². The van der Waals surface area contributed by atoms with Gasteiger partial charge in [-0.2, -0.15) is 0 Å². The lowest BCUT2D eigenvalue weighted by molar-refractivity contribution is -0.304. The predicted octanol–water partition coefficient (Wildman–Crippen LogP) is 0.626. The third-order valence-corrected chi connectivity index (χ3v) is 4.40. The highest BCUT2D eigenvalue weighted by Crippen LogP contribution is 2.51. The van der Waals surface area contributed by atoms with Gasteiger partial charge in [-0.15, -0.1) is 0 Å². The van der Waals surface area contributed by atoms with Gasteiger partial charge in [0.15, 0.2) is 6.29 Å². The van der Waals surface area contributed by atoms with E-state index in [0.717, 1.165) is 0 Å². The number of hydrogen-bond acceptors (Lipinski definition) is 7. The zero-order chi connectivity index (χ0) is 13.3. The average molecular weight is 282 g/mol. The fraction of sp³-hybridized carbons (Fsp3) is 1.00. The van der Waals surface area contributed by atoms with Gasteiger partial charge in [0.2, 0.25) is 0 Å². The van der Waals surface area contributed by atoms with Crippen LogP contribution in [0.3, 0.4) is 0 Å². The van der Waals surface area contributed by atoms with E-state index in [1.54, 1.807) is 7.11 Å². The molecule has 8 heteroatoms. The normalized spacial score (nSPS) is 48.8. The Bertz CT molecular complexity index is 336. The molecule has 18 heavy (non-hydrogen) atoms. The predicted molar refractivity (Wildman–Crippen MR) is 61.6 cm³/mol. The van der Waals surface area contributed by atoms with Crippen LogP contribution in [-0.4, -0.2) is 65.3 Å². The van der Waals surface area contributed by atoms with Gasteiger partial charge in [-0.1, -0.05) is 0 Å². The average Bonchev–Trinajstić information content (AvgIpc) is 2.35. The van der Waals surface area contributed by atoms with E-state index in [4.69, 9.17) is 28.0 Å². The van der Waals surface area contributed by atoms with Crippen LogP contribution in [0.2, 0.25) is 0 Å². The van der Waals surface area contributed by atoms with Gasteiger partial charge in [0, 0.05) is 28.0 Å².